The van der Waals surface area contributed by atoms with Gasteiger partial charge in [-0.25, -0.2) is 0 Å². The van der Waals surface area contributed by atoms with Crippen molar-refractivity contribution in [3.8, 4) is 5.75 Å². The average molecular weight is 300 g/mol. The molecule has 1 aromatic heterocycles. The molecule has 0 bridgehead atoms. The molecule has 1 heterocycles. The number of anilines is 2. The van der Waals surface area contributed by atoms with Crippen LogP contribution in [0.2, 0.25) is 0 Å². The first-order chi connectivity index (χ1) is 10.2. The molecule has 21 heavy (non-hydrogen) atoms. The molecule has 0 aliphatic rings. The van der Waals surface area contributed by atoms with Gasteiger partial charge in [0.05, 0.1) is 17.4 Å². The third-order valence-electron chi connectivity index (χ3n) is 3.10. The Kier molecular flexibility index (Phi) is 3.45. The lowest BCUT2D eigenvalue weighted by atomic mass is 10.2. The summed E-state index contributed by atoms with van der Waals surface area (Å²) in [5, 5.41) is 15.6. The van der Waals surface area contributed by atoms with Gasteiger partial charge in [0, 0.05) is 10.4 Å². The molecular weight excluding hydrogens is 288 g/mol. The molecule has 0 aliphatic heterocycles. The SMILES string of the molecule is COc1ccc(Nc2sc3ccccc3c2[N+](=O)[O-])cc1. The number of hydrogen-bond donors (Lipinski definition) is 1. The average Bonchev–Trinajstić information content (AvgIpc) is 2.86. The first kappa shape index (κ1) is 13.4. The molecule has 0 amide bonds. The van der Waals surface area contributed by atoms with Gasteiger partial charge in [0.2, 0.25) is 0 Å². The molecule has 0 spiro atoms. The molecular formula is C15H12N2O3S. The highest BCUT2D eigenvalue weighted by Crippen LogP contribution is 2.42. The fraction of sp³-hybridized carbons (Fsp3) is 0.0667. The molecule has 6 heteroatoms. The van der Waals surface area contributed by atoms with Crippen LogP contribution < -0.4 is 10.1 Å². The number of ether oxygens (including phenoxy) is 1. The Morgan fingerprint density at radius 2 is 1.86 bits per heavy atom. The molecule has 0 saturated carbocycles. The van der Waals surface area contributed by atoms with Crippen molar-refractivity contribution in [1.29, 1.82) is 0 Å². The summed E-state index contributed by atoms with van der Waals surface area (Å²) < 4.78 is 5.99. The standard InChI is InChI=1S/C15H12N2O3S/c1-20-11-8-6-10(7-9-11)16-15-14(17(18)19)12-4-2-3-5-13(12)21-15/h2-9,16H,1H3. The largest absolute Gasteiger partial charge is 0.497 e. The van der Waals surface area contributed by atoms with Gasteiger partial charge >= 0.3 is 5.69 Å². The number of rotatable bonds is 4. The van der Waals surface area contributed by atoms with Crippen LogP contribution in [-0.4, -0.2) is 12.0 Å². The van der Waals surface area contributed by atoms with Crippen LogP contribution in [0, 0.1) is 10.1 Å². The van der Waals surface area contributed by atoms with Gasteiger partial charge in [0.1, 0.15) is 5.75 Å². The maximum absolute atomic E-state index is 11.3. The van der Waals surface area contributed by atoms with Crippen LogP contribution >= 0.6 is 11.3 Å². The number of fused-ring (bicyclic) bond motifs is 1. The lowest BCUT2D eigenvalue weighted by Crippen LogP contribution is -1.93. The van der Waals surface area contributed by atoms with Crippen LogP contribution in [-0.2, 0) is 0 Å². The molecule has 5 nitrogen and oxygen atoms in total. The van der Waals surface area contributed by atoms with E-state index in [1.807, 2.05) is 36.4 Å². The summed E-state index contributed by atoms with van der Waals surface area (Å²) in [7, 11) is 1.60. The summed E-state index contributed by atoms with van der Waals surface area (Å²) in [6.45, 7) is 0. The zero-order chi connectivity index (χ0) is 14.8. The summed E-state index contributed by atoms with van der Waals surface area (Å²) in [5.74, 6) is 0.742. The van der Waals surface area contributed by atoms with E-state index in [0.29, 0.717) is 10.4 Å². The molecule has 0 radical (unpaired) electrons. The first-order valence-corrected chi connectivity index (χ1v) is 7.07. The van der Waals surface area contributed by atoms with Gasteiger partial charge in [0.25, 0.3) is 0 Å². The number of nitro groups is 1. The predicted octanol–water partition coefficient (Wildman–Crippen LogP) is 4.56. The summed E-state index contributed by atoms with van der Waals surface area (Å²) in [5.41, 5.74) is 0.900. The number of nitrogens with zero attached hydrogens (tertiary/aromatic N) is 1. The summed E-state index contributed by atoms with van der Waals surface area (Å²) in [6.07, 6.45) is 0. The van der Waals surface area contributed by atoms with Crippen LogP contribution in [0.4, 0.5) is 16.4 Å². The molecule has 106 valence electrons. The second kappa shape index (κ2) is 5.41. The maximum atomic E-state index is 11.3. The van der Waals surface area contributed by atoms with E-state index in [-0.39, 0.29) is 10.6 Å². The van der Waals surface area contributed by atoms with E-state index in [1.54, 1.807) is 19.2 Å². The second-order valence-electron chi connectivity index (χ2n) is 4.39. The Labute approximate surface area is 124 Å². The quantitative estimate of drug-likeness (QED) is 0.566. The van der Waals surface area contributed by atoms with Crippen LogP contribution in [0.5, 0.6) is 5.75 Å². The van der Waals surface area contributed by atoms with Gasteiger partial charge in [-0.05, 0) is 36.4 Å². The summed E-state index contributed by atoms with van der Waals surface area (Å²) in [6, 6.07) is 14.6. The molecule has 0 saturated heterocycles. The van der Waals surface area contributed by atoms with Crippen molar-refractivity contribution >= 4 is 37.8 Å². The summed E-state index contributed by atoms with van der Waals surface area (Å²) in [4.78, 5) is 11.0. The van der Waals surface area contributed by atoms with Crippen molar-refractivity contribution in [2.24, 2.45) is 0 Å². The first-order valence-electron chi connectivity index (χ1n) is 6.26. The molecule has 3 rings (SSSR count). The van der Waals surface area contributed by atoms with Crippen molar-refractivity contribution in [1.82, 2.24) is 0 Å². The minimum absolute atomic E-state index is 0.117. The van der Waals surface area contributed by atoms with E-state index < -0.39 is 0 Å². The highest BCUT2D eigenvalue weighted by molar-refractivity contribution is 7.23. The third-order valence-corrected chi connectivity index (χ3v) is 4.18. The van der Waals surface area contributed by atoms with E-state index >= 15 is 0 Å². The normalized spacial score (nSPS) is 10.5. The Morgan fingerprint density at radius 3 is 2.52 bits per heavy atom. The number of thiophene rings is 1. The van der Waals surface area contributed by atoms with Gasteiger partial charge in [-0.15, -0.1) is 11.3 Å². The second-order valence-corrected chi connectivity index (χ2v) is 5.44. The third kappa shape index (κ3) is 2.53. The van der Waals surface area contributed by atoms with Gasteiger partial charge in [0.15, 0.2) is 5.00 Å². The Balaban J connectivity index is 2.02. The minimum atomic E-state index is -0.343. The molecule has 2 aromatic carbocycles. The van der Waals surface area contributed by atoms with Crippen LogP contribution in [0.3, 0.4) is 0 Å². The lowest BCUT2D eigenvalue weighted by Gasteiger charge is -2.04. The number of methoxy groups -OCH3 is 1. The maximum Gasteiger partial charge on any atom is 0.311 e. The van der Waals surface area contributed by atoms with E-state index in [9.17, 15) is 10.1 Å². The van der Waals surface area contributed by atoms with E-state index in [4.69, 9.17) is 4.74 Å². The number of nitrogens with one attached hydrogen (secondary N) is 1. The van der Waals surface area contributed by atoms with Gasteiger partial charge in [-0.2, -0.15) is 0 Å². The lowest BCUT2D eigenvalue weighted by molar-refractivity contribution is -0.381. The Hall–Kier alpha value is -2.60. The molecule has 0 fully saturated rings. The zero-order valence-electron chi connectivity index (χ0n) is 11.2. The molecule has 3 aromatic rings. The van der Waals surface area contributed by atoms with Crippen molar-refractivity contribution in [2.45, 2.75) is 0 Å². The zero-order valence-corrected chi connectivity index (χ0v) is 12.0. The molecule has 0 atom stereocenters. The van der Waals surface area contributed by atoms with Crippen molar-refractivity contribution < 1.29 is 9.66 Å². The monoisotopic (exact) mass is 300 g/mol. The fourth-order valence-corrected chi connectivity index (χ4v) is 3.19. The Morgan fingerprint density at radius 1 is 1.14 bits per heavy atom. The van der Waals surface area contributed by atoms with Gasteiger partial charge in [-0.3, -0.25) is 10.1 Å². The van der Waals surface area contributed by atoms with Crippen LogP contribution in [0.25, 0.3) is 10.1 Å². The predicted molar refractivity (Wildman–Crippen MR) is 84.8 cm³/mol. The smallest absolute Gasteiger partial charge is 0.311 e. The van der Waals surface area contributed by atoms with Crippen molar-refractivity contribution in [3.05, 3.63) is 58.6 Å². The molecule has 0 aliphatic carbocycles. The van der Waals surface area contributed by atoms with Gasteiger partial charge in [-0.1, -0.05) is 12.1 Å². The summed E-state index contributed by atoms with van der Waals surface area (Å²) >= 11 is 1.37. The van der Waals surface area contributed by atoms with Crippen LogP contribution in [0.1, 0.15) is 0 Å². The van der Waals surface area contributed by atoms with Crippen molar-refractivity contribution in [3.63, 3.8) is 0 Å². The van der Waals surface area contributed by atoms with Gasteiger partial charge < -0.3 is 10.1 Å². The highest BCUT2D eigenvalue weighted by atomic mass is 32.1. The topological polar surface area (TPSA) is 64.4 Å². The Bertz CT molecular complexity index is 796. The minimum Gasteiger partial charge on any atom is -0.497 e. The van der Waals surface area contributed by atoms with E-state index in [0.717, 1.165) is 16.1 Å². The van der Waals surface area contributed by atoms with E-state index in [2.05, 4.69) is 5.32 Å². The molecule has 0 unspecified atom stereocenters. The molecule has 1 N–H and O–H groups in total. The number of hydrogen-bond acceptors (Lipinski definition) is 5. The van der Waals surface area contributed by atoms with Crippen LogP contribution in [0.15, 0.2) is 48.5 Å². The highest BCUT2D eigenvalue weighted by Gasteiger charge is 2.22. The fourth-order valence-electron chi connectivity index (χ4n) is 2.10. The number of benzene rings is 2. The van der Waals surface area contributed by atoms with E-state index in [1.165, 1.54) is 11.3 Å². The van der Waals surface area contributed by atoms with Crippen molar-refractivity contribution in [2.75, 3.05) is 12.4 Å².